The first-order valence-corrected chi connectivity index (χ1v) is 5.87. The molecule has 1 aliphatic rings. The number of hydrogen-bond donors (Lipinski definition) is 1. The average molecular weight is 321 g/mol. The molecule has 1 rings (SSSR count). The number of rotatable bonds is 1. The summed E-state index contributed by atoms with van der Waals surface area (Å²) in [6.45, 7) is 0.524. The number of alkyl halides is 6. The van der Waals surface area contributed by atoms with Crippen LogP contribution >= 0.6 is 0 Å². The summed E-state index contributed by atoms with van der Waals surface area (Å²) in [6, 6.07) is 0. The van der Waals surface area contributed by atoms with E-state index in [0.717, 1.165) is 0 Å². The molecule has 0 amide bonds. The Balaban J connectivity index is 0.000000344. The van der Waals surface area contributed by atoms with Gasteiger partial charge in [-0.3, -0.25) is 0 Å². The van der Waals surface area contributed by atoms with E-state index >= 15 is 0 Å². The van der Waals surface area contributed by atoms with Gasteiger partial charge in [0.1, 0.15) is 13.1 Å². The Hall–Kier alpha value is -0.630. The molecule has 0 aliphatic carbocycles. The summed E-state index contributed by atoms with van der Waals surface area (Å²) in [7, 11) is -5.66. The van der Waals surface area contributed by atoms with E-state index in [1.807, 2.05) is 4.18 Å². The standard InChI is InChI=1S/C5H8F3NO.CHF3O4S/c6-5(7,8)9-1-3-10-4-2-9;2-1(3,4)8-9(5,6)7/h1-4H2;(H,5,6,7). The molecule has 1 saturated heterocycles. The van der Waals surface area contributed by atoms with Gasteiger partial charge < -0.3 is 9.29 Å². The third-order valence-electron chi connectivity index (χ3n) is 1.69. The second kappa shape index (κ2) is 6.69. The normalized spacial score (nSPS) is 18.7. The van der Waals surface area contributed by atoms with E-state index in [4.69, 9.17) is 17.7 Å². The van der Waals surface area contributed by atoms with E-state index in [-0.39, 0.29) is 31.2 Å². The second-order valence-corrected chi connectivity index (χ2v) is 4.13. The molecule has 0 unspecified atom stereocenters. The molecule has 1 fully saturated rings. The van der Waals surface area contributed by atoms with Crippen LogP contribution in [0.5, 0.6) is 0 Å². The molecule has 6 nitrogen and oxygen atoms in total. The molecule has 0 aromatic carbocycles. The Morgan fingerprint density at radius 3 is 1.63 bits per heavy atom. The third-order valence-corrected chi connectivity index (χ3v) is 2.09. The molecule has 19 heavy (non-hydrogen) atoms. The highest BCUT2D eigenvalue weighted by Gasteiger charge is 2.43. The minimum Gasteiger partial charge on any atom is -0.725 e. The van der Waals surface area contributed by atoms with Gasteiger partial charge in [0.15, 0.2) is 0 Å². The van der Waals surface area contributed by atoms with Crippen molar-refractivity contribution >= 4 is 10.4 Å². The van der Waals surface area contributed by atoms with Gasteiger partial charge in [0.05, 0.1) is 13.2 Å². The Morgan fingerprint density at radius 2 is 1.47 bits per heavy atom. The van der Waals surface area contributed by atoms with E-state index in [9.17, 15) is 26.3 Å². The average Bonchev–Trinajstić information content (AvgIpc) is 2.12. The van der Waals surface area contributed by atoms with Crippen LogP contribution in [0, 0.1) is 0 Å². The summed E-state index contributed by atoms with van der Waals surface area (Å²) >= 11 is 0. The highest BCUT2D eigenvalue weighted by atomic mass is 32.3. The van der Waals surface area contributed by atoms with Crippen molar-refractivity contribution in [2.75, 3.05) is 26.3 Å². The van der Waals surface area contributed by atoms with Crippen molar-refractivity contribution in [2.24, 2.45) is 0 Å². The van der Waals surface area contributed by atoms with Gasteiger partial charge in [0, 0.05) is 0 Å². The maximum Gasteiger partial charge on any atom is 0.559 e. The van der Waals surface area contributed by atoms with Crippen molar-refractivity contribution in [2.45, 2.75) is 12.7 Å². The van der Waals surface area contributed by atoms with E-state index < -0.39 is 23.1 Å². The van der Waals surface area contributed by atoms with Crippen molar-refractivity contribution in [1.82, 2.24) is 0 Å². The second-order valence-electron chi connectivity index (χ2n) is 3.15. The topological polar surface area (TPSA) is 80.1 Å². The van der Waals surface area contributed by atoms with Crippen LogP contribution in [0.4, 0.5) is 26.3 Å². The van der Waals surface area contributed by atoms with Crippen molar-refractivity contribution in [1.29, 1.82) is 0 Å². The minimum absolute atomic E-state index is 0.0451. The zero-order chi connectivity index (χ0) is 15.3. The van der Waals surface area contributed by atoms with Gasteiger partial charge in [-0.25, -0.2) is 13.3 Å². The number of morpholine rings is 1. The predicted molar refractivity (Wildman–Crippen MR) is 44.4 cm³/mol. The first-order valence-electron chi connectivity index (χ1n) is 4.54. The molecule has 13 heteroatoms. The molecule has 0 bridgehead atoms. The maximum atomic E-state index is 11.8. The predicted octanol–water partition coefficient (Wildman–Crippen LogP) is -0.596. The first-order chi connectivity index (χ1) is 8.31. The molecule has 116 valence electrons. The molecule has 0 atom stereocenters. The van der Waals surface area contributed by atoms with Crippen molar-refractivity contribution in [3.63, 3.8) is 0 Å². The summed E-state index contributed by atoms with van der Waals surface area (Å²) in [6.07, 6.45) is -9.51. The summed E-state index contributed by atoms with van der Waals surface area (Å²) in [5.41, 5.74) is 0. The van der Waals surface area contributed by atoms with Gasteiger partial charge in [-0.1, -0.05) is 0 Å². The monoisotopic (exact) mass is 321 g/mol. The highest BCUT2D eigenvalue weighted by Crippen LogP contribution is 2.17. The molecular weight excluding hydrogens is 312 g/mol. The SMILES string of the molecule is FC(F)(F)[NH+]1CCOCC1.O=S(=O)([O-])OC(F)(F)F. The lowest BCUT2D eigenvalue weighted by molar-refractivity contribution is -1.01. The molecule has 0 spiro atoms. The van der Waals surface area contributed by atoms with Gasteiger partial charge in [-0.05, 0) is 0 Å². The van der Waals surface area contributed by atoms with Crippen molar-refractivity contribution in [3.8, 4) is 0 Å². The van der Waals surface area contributed by atoms with E-state index in [2.05, 4.69) is 0 Å². The Labute approximate surface area is 103 Å². The number of quaternary nitrogens is 1. The van der Waals surface area contributed by atoms with Crippen LogP contribution in [-0.2, 0) is 19.3 Å². The smallest absolute Gasteiger partial charge is 0.559 e. The number of ether oxygens (including phenoxy) is 1. The Bertz CT molecular complexity index is 359. The maximum absolute atomic E-state index is 11.8. The van der Waals surface area contributed by atoms with Crippen LogP contribution in [-0.4, -0.2) is 51.9 Å². The Kier molecular flexibility index (Phi) is 6.47. The summed E-state index contributed by atoms with van der Waals surface area (Å²) in [4.78, 5) is -0.334. The van der Waals surface area contributed by atoms with Crippen LogP contribution in [0.15, 0.2) is 0 Å². The lowest BCUT2D eigenvalue weighted by atomic mass is 10.4. The molecule has 0 radical (unpaired) electrons. The van der Waals surface area contributed by atoms with E-state index in [1.54, 1.807) is 0 Å². The first kappa shape index (κ1) is 18.4. The van der Waals surface area contributed by atoms with Crippen LogP contribution < -0.4 is 4.90 Å². The molecule has 1 aliphatic heterocycles. The zero-order valence-electron chi connectivity index (χ0n) is 9.05. The fourth-order valence-corrected chi connectivity index (χ4v) is 1.25. The number of nitrogens with one attached hydrogen (secondary N) is 1. The zero-order valence-corrected chi connectivity index (χ0v) is 9.86. The summed E-state index contributed by atoms with van der Waals surface area (Å²) in [5, 5.41) is 0. The quantitative estimate of drug-likeness (QED) is 0.302. The number of halogens is 6. The van der Waals surface area contributed by atoms with Gasteiger partial charge in [-0.15, -0.1) is 26.3 Å². The lowest BCUT2D eigenvalue weighted by Gasteiger charge is -2.24. The van der Waals surface area contributed by atoms with E-state index in [1.165, 1.54) is 0 Å². The van der Waals surface area contributed by atoms with Crippen LogP contribution in [0.3, 0.4) is 0 Å². The van der Waals surface area contributed by atoms with Gasteiger partial charge >= 0.3 is 12.7 Å². The van der Waals surface area contributed by atoms with E-state index in [0.29, 0.717) is 0 Å². The largest absolute Gasteiger partial charge is 0.725 e. The minimum atomic E-state index is -5.66. The molecule has 0 saturated carbocycles. The third kappa shape index (κ3) is 10.9. The molecule has 1 heterocycles. The van der Waals surface area contributed by atoms with Crippen LogP contribution in [0.25, 0.3) is 0 Å². The van der Waals surface area contributed by atoms with Gasteiger partial charge in [0.25, 0.3) is 0 Å². The molecule has 0 aromatic rings. The number of hydrogen-bond acceptors (Lipinski definition) is 5. The van der Waals surface area contributed by atoms with Crippen LogP contribution in [0.1, 0.15) is 0 Å². The Morgan fingerprint density at radius 1 is 1.05 bits per heavy atom. The van der Waals surface area contributed by atoms with Crippen molar-refractivity contribution < 1.29 is 53.1 Å². The highest BCUT2D eigenvalue weighted by molar-refractivity contribution is 7.80. The van der Waals surface area contributed by atoms with Gasteiger partial charge in [-0.2, -0.15) is 4.18 Å². The molecule has 0 aromatic heterocycles. The van der Waals surface area contributed by atoms with Crippen LogP contribution in [0.2, 0.25) is 0 Å². The molecular formula is C6H9F6NO5S. The summed E-state index contributed by atoms with van der Waals surface area (Å²) in [5.74, 6) is 0. The fourth-order valence-electron chi connectivity index (χ4n) is 1.02. The van der Waals surface area contributed by atoms with Gasteiger partial charge in [0.2, 0.25) is 10.4 Å². The lowest BCUT2D eigenvalue weighted by Crippen LogP contribution is -3.19. The summed E-state index contributed by atoms with van der Waals surface area (Å²) < 4.78 is 102. The van der Waals surface area contributed by atoms with Crippen molar-refractivity contribution in [3.05, 3.63) is 0 Å². The fraction of sp³-hybridized carbons (Fsp3) is 1.00. The molecule has 1 N–H and O–H groups in total.